The number of rotatable bonds is 5. The Kier molecular flexibility index (Phi) is 4.62. The molecule has 1 fully saturated rings. The van der Waals surface area contributed by atoms with Crippen LogP contribution in [0, 0.1) is 0 Å². The number of anilines is 1. The van der Waals surface area contributed by atoms with Crippen LogP contribution in [0.15, 0.2) is 12.7 Å². The highest BCUT2D eigenvalue weighted by Crippen LogP contribution is 2.39. The molecule has 3 rings (SSSR count). The van der Waals surface area contributed by atoms with Crippen LogP contribution in [-0.2, 0) is 14.8 Å². The Balaban J connectivity index is 2.04. The molecule has 26 heavy (non-hydrogen) atoms. The average Bonchev–Trinajstić information content (AvgIpc) is 3.05. The first-order valence-corrected chi connectivity index (χ1v) is 9.51. The zero-order valence-corrected chi connectivity index (χ0v) is 15.1. The number of imidazole rings is 1. The summed E-state index contributed by atoms with van der Waals surface area (Å²) in [5.41, 5.74) is -1.19. The predicted octanol–water partition coefficient (Wildman–Crippen LogP) is -2.27. The second kappa shape index (κ2) is 6.37. The second-order valence-corrected chi connectivity index (χ2v) is 8.05. The summed E-state index contributed by atoms with van der Waals surface area (Å²) in [6.07, 6.45) is 0.202. The molecule has 0 amide bonds. The van der Waals surface area contributed by atoms with Gasteiger partial charge in [0.1, 0.15) is 24.1 Å². The van der Waals surface area contributed by atoms with Crippen molar-refractivity contribution >= 4 is 27.0 Å². The standard InChI is InChI=1S/C13H20N6O6S/c1-13(22)9(21)7(4-20)25-12(13)19-6-16-8-10(14-5-15-11(8)19)18(2)17-26(3,23)24/h5-7,9,12,17,20-22H,4H2,1-3H3/t7-,9-,12-,13-/m1/s1. The molecule has 0 radical (unpaired) electrons. The van der Waals surface area contributed by atoms with E-state index in [0.29, 0.717) is 0 Å². The van der Waals surface area contributed by atoms with Gasteiger partial charge in [-0.3, -0.25) is 9.58 Å². The Labute approximate surface area is 149 Å². The van der Waals surface area contributed by atoms with E-state index in [2.05, 4.69) is 19.8 Å². The number of hydrazine groups is 1. The molecule has 12 nitrogen and oxygen atoms in total. The number of aromatic nitrogens is 4. The largest absolute Gasteiger partial charge is 0.394 e. The summed E-state index contributed by atoms with van der Waals surface area (Å²) in [5.74, 6) is 0.191. The highest BCUT2D eigenvalue weighted by Gasteiger charge is 2.53. The lowest BCUT2D eigenvalue weighted by Gasteiger charge is -2.27. The van der Waals surface area contributed by atoms with Crippen molar-refractivity contribution in [2.24, 2.45) is 0 Å². The fourth-order valence-corrected chi connectivity index (χ4v) is 3.52. The van der Waals surface area contributed by atoms with E-state index in [-0.39, 0.29) is 17.0 Å². The molecule has 13 heteroatoms. The molecule has 0 aromatic carbocycles. The lowest BCUT2D eigenvalue weighted by Crippen LogP contribution is -2.44. The van der Waals surface area contributed by atoms with Gasteiger partial charge in [-0.1, -0.05) is 0 Å². The normalized spacial score (nSPS) is 29.4. The number of aliphatic hydroxyl groups excluding tert-OH is 2. The fraction of sp³-hybridized carbons (Fsp3) is 0.615. The van der Waals surface area contributed by atoms with E-state index in [1.165, 1.54) is 36.2 Å². The highest BCUT2D eigenvalue weighted by molar-refractivity contribution is 7.88. The van der Waals surface area contributed by atoms with E-state index < -0.39 is 40.7 Å². The first-order chi connectivity index (χ1) is 12.1. The molecular weight excluding hydrogens is 368 g/mol. The van der Waals surface area contributed by atoms with Crippen LogP contribution < -0.4 is 9.84 Å². The molecule has 0 unspecified atom stereocenters. The Hall–Kier alpha value is -1.90. The monoisotopic (exact) mass is 388 g/mol. The minimum atomic E-state index is -3.53. The summed E-state index contributed by atoms with van der Waals surface area (Å²) in [6.45, 7) is 0.908. The van der Waals surface area contributed by atoms with Crippen molar-refractivity contribution in [3.05, 3.63) is 12.7 Å². The van der Waals surface area contributed by atoms with Crippen molar-refractivity contribution in [2.45, 2.75) is 31.0 Å². The topological polar surface area (TPSA) is 163 Å². The SMILES string of the molecule is CN(NS(C)(=O)=O)c1ncnc2c1ncn2[C@@H]1O[C@H](CO)[C@@H](O)[C@@]1(C)O. The number of hydrogen-bond donors (Lipinski definition) is 4. The van der Waals surface area contributed by atoms with Crippen molar-refractivity contribution in [1.82, 2.24) is 24.4 Å². The van der Waals surface area contributed by atoms with Gasteiger partial charge >= 0.3 is 0 Å². The van der Waals surface area contributed by atoms with E-state index in [1.807, 2.05) is 0 Å². The molecule has 0 spiro atoms. The smallest absolute Gasteiger partial charge is 0.225 e. The molecule has 2 aromatic heterocycles. The lowest BCUT2D eigenvalue weighted by molar-refractivity contribution is -0.0950. The molecule has 1 aliphatic heterocycles. The molecule has 3 heterocycles. The van der Waals surface area contributed by atoms with Crippen molar-refractivity contribution in [3.8, 4) is 0 Å². The molecule has 4 atom stereocenters. The molecule has 144 valence electrons. The number of nitrogens with one attached hydrogen (secondary N) is 1. The summed E-state index contributed by atoms with van der Waals surface area (Å²) in [6, 6.07) is 0. The maximum atomic E-state index is 11.4. The summed E-state index contributed by atoms with van der Waals surface area (Å²) < 4.78 is 29.8. The fourth-order valence-electron chi connectivity index (χ4n) is 2.94. The van der Waals surface area contributed by atoms with Gasteiger partial charge < -0.3 is 20.1 Å². The van der Waals surface area contributed by atoms with Crippen LogP contribution in [0.5, 0.6) is 0 Å². The summed E-state index contributed by atoms with van der Waals surface area (Å²) in [5, 5.41) is 31.2. The van der Waals surface area contributed by atoms with Gasteiger partial charge in [0.15, 0.2) is 23.2 Å². The first kappa shape index (κ1) is 18.9. The third-order valence-corrected chi connectivity index (χ3v) is 4.75. The molecular formula is C13H20N6O6S. The Bertz CT molecular complexity index is 915. The number of aliphatic hydroxyl groups is 3. The number of nitrogens with zero attached hydrogens (tertiary/aromatic N) is 5. The van der Waals surface area contributed by atoms with Gasteiger partial charge in [0.25, 0.3) is 0 Å². The van der Waals surface area contributed by atoms with Gasteiger partial charge in [-0.05, 0) is 6.92 Å². The molecule has 4 N–H and O–H groups in total. The van der Waals surface area contributed by atoms with Gasteiger partial charge in [0.05, 0.1) is 19.2 Å². The third kappa shape index (κ3) is 3.13. The van der Waals surface area contributed by atoms with E-state index in [0.717, 1.165) is 6.26 Å². The highest BCUT2D eigenvalue weighted by atomic mass is 32.2. The van der Waals surface area contributed by atoms with Gasteiger partial charge in [-0.2, -0.15) is 0 Å². The van der Waals surface area contributed by atoms with Crippen LogP contribution in [0.1, 0.15) is 13.2 Å². The van der Waals surface area contributed by atoms with Crippen molar-refractivity contribution in [2.75, 3.05) is 24.9 Å². The zero-order valence-electron chi connectivity index (χ0n) is 14.3. The van der Waals surface area contributed by atoms with Crippen LogP contribution in [-0.4, -0.2) is 81.0 Å². The number of ether oxygens (including phenoxy) is 1. The molecule has 0 bridgehead atoms. The minimum Gasteiger partial charge on any atom is -0.394 e. The van der Waals surface area contributed by atoms with Crippen molar-refractivity contribution in [1.29, 1.82) is 0 Å². The number of hydrogen-bond acceptors (Lipinski definition) is 10. The van der Waals surface area contributed by atoms with Gasteiger partial charge in [-0.25, -0.2) is 23.4 Å². The average molecular weight is 388 g/mol. The molecule has 2 aromatic rings. The molecule has 1 aliphatic rings. The Morgan fingerprint density at radius 2 is 2.12 bits per heavy atom. The van der Waals surface area contributed by atoms with Crippen molar-refractivity contribution in [3.63, 3.8) is 0 Å². The van der Waals surface area contributed by atoms with E-state index in [1.54, 1.807) is 0 Å². The number of fused-ring (bicyclic) bond motifs is 1. The molecule has 0 aliphatic carbocycles. The minimum absolute atomic E-state index is 0.191. The van der Waals surface area contributed by atoms with Gasteiger partial charge in [-0.15, -0.1) is 4.83 Å². The van der Waals surface area contributed by atoms with Crippen LogP contribution in [0.4, 0.5) is 5.82 Å². The number of sulfonamides is 1. The van der Waals surface area contributed by atoms with Crippen LogP contribution in [0.25, 0.3) is 11.2 Å². The van der Waals surface area contributed by atoms with E-state index in [4.69, 9.17) is 4.74 Å². The maximum Gasteiger partial charge on any atom is 0.225 e. The molecule has 1 saturated heterocycles. The second-order valence-electron chi connectivity index (χ2n) is 6.32. The van der Waals surface area contributed by atoms with Crippen LogP contribution >= 0.6 is 0 Å². The van der Waals surface area contributed by atoms with E-state index >= 15 is 0 Å². The molecule has 0 saturated carbocycles. The Morgan fingerprint density at radius 3 is 2.69 bits per heavy atom. The summed E-state index contributed by atoms with van der Waals surface area (Å²) in [7, 11) is -2.08. The van der Waals surface area contributed by atoms with Gasteiger partial charge in [0.2, 0.25) is 10.0 Å². The predicted molar refractivity (Wildman–Crippen MR) is 89.3 cm³/mol. The maximum absolute atomic E-state index is 11.4. The van der Waals surface area contributed by atoms with Crippen molar-refractivity contribution < 1.29 is 28.5 Å². The zero-order chi connectivity index (χ0) is 19.3. The summed E-state index contributed by atoms with van der Waals surface area (Å²) >= 11 is 0. The quantitative estimate of drug-likeness (QED) is 0.411. The summed E-state index contributed by atoms with van der Waals surface area (Å²) in [4.78, 5) is 14.6. The third-order valence-electron chi connectivity index (χ3n) is 4.15. The Morgan fingerprint density at radius 1 is 1.42 bits per heavy atom. The first-order valence-electron chi connectivity index (χ1n) is 7.61. The lowest BCUT2D eigenvalue weighted by atomic mass is 9.96. The van der Waals surface area contributed by atoms with Gasteiger partial charge in [0, 0.05) is 7.05 Å². The van der Waals surface area contributed by atoms with Crippen LogP contribution in [0.2, 0.25) is 0 Å². The van der Waals surface area contributed by atoms with Crippen LogP contribution in [0.3, 0.4) is 0 Å². The van der Waals surface area contributed by atoms with E-state index in [9.17, 15) is 23.7 Å².